The molecule has 3 amide bonds. The first-order valence-corrected chi connectivity index (χ1v) is 10.5. The number of hydrogen-bond acceptors (Lipinski definition) is 3. The van der Waals surface area contributed by atoms with E-state index in [0.717, 1.165) is 23.4 Å². The van der Waals surface area contributed by atoms with E-state index >= 15 is 0 Å². The number of urea groups is 1. The quantitative estimate of drug-likeness (QED) is 0.651. The Kier molecular flexibility index (Phi) is 8.99. The van der Waals surface area contributed by atoms with Crippen molar-refractivity contribution in [3.8, 4) is 0 Å². The van der Waals surface area contributed by atoms with Crippen LogP contribution in [0.5, 0.6) is 0 Å². The molecular weight excluding hydrogens is 364 g/mol. The van der Waals surface area contributed by atoms with Gasteiger partial charge in [-0.15, -0.1) is 0 Å². The lowest BCUT2D eigenvalue weighted by molar-refractivity contribution is -0.117. The van der Waals surface area contributed by atoms with E-state index in [-0.39, 0.29) is 29.4 Å². The topological polar surface area (TPSA) is 64.7 Å². The summed E-state index contributed by atoms with van der Waals surface area (Å²) < 4.78 is 0. The molecule has 29 heavy (non-hydrogen) atoms. The molecule has 0 spiro atoms. The van der Waals surface area contributed by atoms with Gasteiger partial charge < -0.3 is 20.4 Å². The Morgan fingerprint density at radius 2 is 1.72 bits per heavy atom. The largest absolute Gasteiger partial charge is 0.377 e. The van der Waals surface area contributed by atoms with Gasteiger partial charge in [0.1, 0.15) is 0 Å². The van der Waals surface area contributed by atoms with Gasteiger partial charge in [0.2, 0.25) is 5.91 Å². The lowest BCUT2D eigenvalue weighted by atomic mass is 9.92. The van der Waals surface area contributed by atoms with Gasteiger partial charge in [-0.1, -0.05) is 27.7 Å². The molecule has 1 aromatic carbocycles. The molecule has 1 atom stereocenters. The zero-order chi connectivity index (χ0) is 22.4. The summed E-state index contributed by atoms with van der Waals surface area (Å²) in [4.78, 5) is 29.1. The number of carbonyl (C=O) groups is 2. The molecule has 0 fully saturated rings. The van der Waals surface area contributed by atoms with Crippen LogP contribution in [0.3, 0.4) is 0 Å². The molecule has 0 aliphatic rings. The zero-order valence-electron chi connectivity index (χ0n) is 19.7. The first-order chi connectivity index (χ1) is 13.3. The predicted octanol–water partition coefficient (Wildman–Crippen LogP) is 4.85. The summed E-state index contributed by atoms with van der Waals surface area (Å²) in [6, 6.07) is 6.00. The summed E-state index contributed by atoms with van der Waals surface area (Å²) in [5.74, 6) is -0.00242. The van der Waals surface area contributed by atoms with Crippen molar-refractivity contribution >= 4 is 23.3 Å². The molecule has 164 valence electrons. The molecular formula is C23H40N4O2. The van der Waals surface area contributed by atoms with Gasteiger partial charge in [-0.3, -0.25) is 4.79 Å². The summed E-state index contributed by atoms with van der Waals surface area (Å²) in [7, 11) is 3.97. The van der Waals surface area contributed by atoms with Crippen LogP contribution in [0.4, 0.5) is 16.2 Å². The normalized spacial score (nSPS) is 12.5. The van der Waals surface area contributed by atoms with Gasteiger partial charge in [-0.25, -0.2) is 4.79 Å². The van der Waals surface area contributed by atoms with Crippen molar-refractivity contribution in [1.82, 2.24) is 10.2 Å². The standard InChI is InChI=1S/C23H40N4O2/c1-10-17(4)27(22(29)24-16(2)3)15-18-13-19(11-12-20(18)26(8)9)25-21(28)14-23(5,6)7/h11-13,16-17H,10,14-15H2,1-9H3,(H,24,29)(H,25,28). The van der Waals surface area contributed by atoms with Crippen LogP contribution in [-0.4, -0.2) is 43.0 Å². The summed E-state index contributed by atoms with van der Waals surface area (Å²) in [6.07, 6.45) is 1.32. The summed E-state index contributed by atoms with van der Waals surface area (Å²) in [5, 5.41) is 6.01. The van der Waals surface area contributed by atoms with Crippen LogP contribution in [0.25, 0.3) is 0 Å². The van der Waals surface area contributed by atoms with Crippen LogP contribution in [-0.2, 0) is 11.3 Å². The number of nitrogens with one attached hydrogen (secondary N) is 2. The maximum absolute atomic E-state index is 12.8. The summed E-state index contributed by atoms with van der Waals surface area (Å²) in [5.41, 5.74) is 2.72. The van der Waals surface area contributed by atoms with Gasteiger partial charge in [-0.05, 0) is 56.4 Å². The van der Waals surface area contributed by atoms with Crippen molar-refractivity contribution in [3.63, 3.8) is 0 Å². The Morgan fingerprint density at radius 1 is 1.10 bits per heavy atom. The Balaban J connectivity index is 3.17. The average molecular weight is 405 g/mol. The summed E-state index contributed by atoms with van der Waals surface area (Å²) in [6.45, 7) is 14.7. The van der Waals surface area contributed by atoms with Crippen LogP contribution in [0.15, 0.2) is 18.2 Å². The van der Waals surface area contributed by atoms with Gasteiger partial charge in [0.05, 0.1) is 0 Å². The van der Waals surface area contributed by atoms with Crippen LogP contribution >= 0.6 is 0 Å². The second-order valence-corrected chi connectivity index (χ2v) is 9.51. The van der Waals surface area contributed by atoms with Crippen molar-refractivity contribution in [2.24, 2.45) is 5.41 Å². The Morgan fingerprint density at radius 3 is 2.21 bits per heavy atom. The van der Waals surface area contributed by atoms with Crippen molar-refractivity contribution in [3.05, 3.63) is 23.8 Å². The molecule has 6 heteroatoms. The second-order valence-electron chi connectivity index (χ2n) is 9.51. The van der Waals surface area contributed by atoms with Gasteiger partial charge in [-0.2, -0.15) is 0 Å². The van der Waals surface area contributed by atoms with E-state index in [1.807, 2.05) is 76.7 Å². The van der Waals surface area contributed by atoms with E-state index in [1.165, 1.54) is 0 Å². The number of nitrogens with zero attached hydrogens (tertiary/aromatic N) is 2. The van der Waals surface area contributed by atoms with Crippen molar-refractivity contribution in [2.75, 3.05) is 24.3 Å². The van der Waals surface area contributed by atoms with E-state index in [1.54, 1.807) is 0 Å². The zero-order valence-corrected chi connectivity index (χ0v) is 19.7. The van der Waals surface area contributed by atoms with Crippen LogP contribution in [0, 0.1) is 5.41 Å². The number of rotatable bonds is 8. The molecule has 0 heterocycles. The van der Waals surface area contributed by atoms with Gasteiger partial charge in [0.15, 0.2) is 0 Å². The number of benzene rings is 1. The highest BCUT2D eigenvalue weighted by Gasteiger charge is 2.22. The molecule has 0 radical (unpaired) electrons. The number of anilines is 2. The van der Waals surface area contributed by atoms with Crippen LogP contribution < -0.4 is 15.5 Å². The Hall–Kier alpha value is -2.24. The molecule has 0 bridgehead atoms. The minimum Gasteiger partial charge on any atom is -0.377 e. The number of hydrogen-bond donors (Lipinski definition) is 2. The Bertz CT molecular complexity index is 693. The van der Waals surface area contributed by atoms with E-state index in [9.17, 15) is 9.59 Å². The number of amides is 3. The first-order valence-electron chi connectivity index (χ1n) is 10.5. The lowest BCUT2D eigenvalue weighted by Crippen LogP contribution is -2.46. The molecule has 0 aromatic heterocycles. The third kappa shape index (κ3) is 8.34. The van der Waals surface area contributed by atoms with E-state index < -0.39 is 0 Å². The fourth-order valence-electron chi connectivity index (χ4n) is 3.07. The molecule has 0 saturated heterocycles. The fraction of sp³-hybridized carbons (Fsp3) is 0.652. The maximum Gasteiger partial charge on any atom is 0.318 e. The smallest absolute Gasteiger partial charge is 0.318 e. The third-order valence-electron chi connectivity index (χ3n) is 4.67. The minimum absolute atomic E-state index is 0.00242. The first kappa shape index (κ1) is 24.8. The lowest BCUT2D eigenvalue weighted by Gasteiger charge is -2.31. The van der Waals surface area contributed by atoms with E-state index in [0.29, 0.717) is 13.0 Å². The van der Waals surface area contributed by atoms with Crippen molar-refractivity contribution in [2.45, 2.75) is 79.9 Å². The molecule has 1 rings (SSSR count). The van der Waals surface area contributed by atoms with Gasteiger partial charge >= 0.3 is 6.03 Å². The highest BCUT2D eigenvalue weighted by molar-refractivity contribution is 5.91. The summed E-state index contributed by atoms with van der Waals surface area (Å²) >= 11 is 0. The highest BCUT2D eigenvalue weighted by atomic mass is 16.2. The Labute approximate surface area is 177 Å². The minimum atomic E-state index is -0.0707. The third-order valence-corrected chi connectivity index (χ3v) is 4.67. The molecule has 0 aliphatic heterocycles. The van der Waals surface area contributed by atoms with Crippen LogP contribution in [0.1, 0.15) is 66.9 Å². The molecule has 0 aliphatic carbocycles. The van der Waals surface area contributed by atoms with Gasteiger partial charge in [0, 0.05) is 50.5 Å². The molecule has 0 saturated carbocycles. The average Bonchev–Trinajstić information content (AvgIpc) is 2.56. The van der Waals surface area contributed by atoms with Crippen LogP contribution in [0.2, 0.25) is 0 Å². The maximum atomic E-state index is 12.8. The molecule has 1 unspecified atom stereocenters. The highest BCUT2D eigenvalue weighted by Crippen LogP contribution is 2.27. The van der Waals surface area contributed by atoms with E-state index in [2.05, 4.69) is 24.5 Å². The molecule has 1 aromatic rings. The molecule has 6 nitrogen and oxygen atoms in total. The predicted molar refractivity (Wildman–Crippen MR) is 122 cm³/mol. The molecule has 2 N–H and O–H groups in total. The SMILES string of the molecule is CCC(C)N(Cc1cc(NC(=O)CC(C)(C)C)ccc1N(C)C)C(=O)NC(C)C. The van der Waals surface area contributed by atoms with E-state index in [4.69, 9.17) is 0 Å². The fourth-order valence-corrected chi connectivity index (χ4v) is 3.07. The monoisotopic (exact) mass is 404 g/mol. The van der Waals surface area contributed by atoms with Crippen molar-refractivity contribution < 1.29 is 9.59 Å². The number of carbonyl (C=O) groups excluding carboxylic acids is 2. The van der Waals surface area contributed by atoms with Gasteiger partial charge in [0.25, 0.3) is 0 Å². The van der Waals surface area contributed by atoms with Crippen molar-refractivity contribution in [1.29, 1.82) is 0 Å². The second kappa shape index (κ2) is 10.5.